The highest BCUT2D eigenvalue weighted by Gasteiger charge is 2.54. The van der Waals surface area contributed by atoms with E-state index in [1.165, 1.54) is 48.5 Å². The maximum Gasteiger partial charge on any atom is 0.411 e. The molecule has 0 unspecified atom stereocenters. The quantitative estimate of drug-likeness (QED) is 0.919. The first-order valence-electron chi connectivity index (χ1n) is 6.79. The van der Waals surface area contributed by atoms with Crippen LogP contribution in [0.4, 0.5) is 13.2 Å². The Bertz CT molecular complexity index is 771. The van der Waals surface area contributed by atoms with Crippen LogP contribution >= 0.6 is 0 Å². The van der Waals surface area contributed by atoms with E-state index < -0.39 is 21.7 Å². The summed E-state index contributed by atoms with van der Waals surface area (Å²) in [5.74, 6) is 0. The molecule has 2 rings (SSSR count). The van der Waals surface area contributed by atoms with E-state index >= 15 is 0 Å². The summed E-state index contributed by atoms with van der Waals surface area (Å²) in [5, 5.41) is 0. The zero-order chi connectivity index (χ0) is 17.3. The minimum atomic E-state index is -4.80. The third kappa shape index (κ3) is 3.56. The predicted molar refractivity (Wildman–Crippen MR) is 81.3 cm³/mol. The molecule has 0 radical (unpaired) electrons. The molecule has 0 aliphatic carbocycles. The zero-order valence-electron chi connectivity index (χ0n) is 12.6. The molecular weight excluding hydrogens is 327 g/mol. The number of rotatable bonds is 4. The summed E-state index contributed by atoms with van der Waals surface area (Å²) in [4.78, 5) is -0.213. The molecule has 2 aromatic carbocycles. The van der Waals surface area contributed by atoms with Crippen LogP contribution in [0.3, 0.4) is 0 Å². The molecule has 0 aliphatic heterocycles. The Balaban J connectivity index is 2.49. The van der Waals surface area contributed by atoms with E-state index in [1.54, 1.807) is 13.0 Å². The summed E-state index contributed by atoms with van der Waals surface area (Å²) >= 11 is 0. The smallest absolute Gasteiger partial charge is 0.207 e. The van der Waals surface area contributed by atoms with Crippen LogP contribution < -0.4 is 4.72 Å². The van der Waals surface area contributed by atoms with Crippen LogP contribution in [0.1, 0.15) is 18.1 Å². The van der Waals surface area contributed by atoms with Gasteiger partial charge in [-0.15, -0.1) is 0 Å². The topological polar surface area (TPSA) is 46.2 Å². The Labute approximate surface area is 133 Å². The Morgan fingerprint density at radius 2 is 1.43 bits per heavy atom. The molecule has 0 amide bonds. The van der Waals surface area contributed by atoms with Gasteiger partial charge in [0.1, 0.15) is 0 Å². The molecular formula is C16H16F3NO2S. The van der Waals surface area contributed by atoms with Crippen molar-refractivity contribution in [3.63, 3.8) is 0 Å². The van der Waals surface area contributed by atoms with Crippen molar-refractivity contribution >= 4 is 10.0 Å². The van der Waals surface area contributed by atoms with E-state index in [9.17, 15) is 21.6 Å². The Hall–Kier alpha value is -1.86. The molecule has 124 valence electrons. The number of hydrogen-bond donors (Lipinski definition) is 1. The van der Waals surface area contributed by atoms with Crippen molar-refractivity contribution in [3.05, 3.63) is 65.7 Å². The lowest BCUT2D eigenvalue weighted by molar-refractivity contribution is -0.189. The summed E-state index contributed by atoms with van der Waals surface area (Å²) < 4.78 is 67.3. The predicted octanol–water partition coefficient (Wildman–Crippen LogP) is 3.75. The largest absolute Gasteiger partial charge is 0.411 e. The Morgan fingerprint density at radius 3 is 1.91 bits per heavy atom. The Kier molecular flexibility index (Phi) is 4.54. The molecule has 0 saturated heterocycles. The number of hydrogen-bond acceptors (Lipinski definition) is 2. The number of nitrogens with one attached hydrogen (secondary N) is 1. The van der Waals surface area contributed by atoms with Crippen LogP contribution in [0.15, 0.2) is 59.5 Å². The molecule has 23 heavy (non-hydrogen) atoms. The highest BCUT2D eigenvalue weighted by Crippen LogP contribution is 2.39. The lowest BCUT2D eigenvalue weighted by Gasteiger charge is -2.33. The van der Waals surface area contributed by atoms with Gasteiger partial charge in [-0.1, -0.05) is 48.0 Å². The maximum atomic E-state index is 13.6. The maximum absolute atomic E-state index is 13.6. The van der Waals surface area contributed by atoms with E-state index in [2.05, 4.69) is 0 Å². The van der Waals surface area contributed by atoms with Crippen molar-refractivity contribution in [1.82, 2.24) is 4.72 Å². The Morgan fingerprint density at radius 1 is 0.913 bits per heavy atom. The van der Waals surface area contributed by atoms with Gasteiger partial charge in [0.15, 0.2) is 5.54 Å². The lowest BCUT2D eigenvalue weighted by Crippen LogP contribution is -2.53. The van der Waals surface area contributed by atoms with Gasteiger partial charge in [-0.3, -0.25) is 0 Å². The first kappa shape index (κ1) is 17.5. The van der Waals surface area contributed by atoms with Crippen molar-refractivity contribution in [2.75, 3.05) is 0 Å². The molecule has 0 aromatic heterocycles. The van der Waals surface area contributed by atoms with Crippen molar-refractivity contribution in [3.8, 4) is 0 Å². The minimum Gasteiger partial charge on any atom is -0.207 e. The molecule has 3 nitrogen and oxygen atoms in total. The molecule has 1 atom stereocenters. The third-order valence-electron chi connectivity index (χ3n) is 3.59. The van der Waals surface area contributed by atoms with Crippen LogP contribution in [0, 0.1) is 6.92 Å². The standard InChI is InChI=1S/C16H16F3NO2S/c1-12-8-10-14(11-9-12)23(21,22)20-15(2,16(17,18)19)13-6-4-3-5-7-13/h3-11,20H,1-2H3/t15-/m1/s1. The fraction of sp³-hybridized carbons (Fsp3) is 0.250. The second-order valence-corrected chi connectivity index (χ2v) is 7.09. The molecule has 0 bridgehead atoms. The second kappa shape index (κ2) is 5.98. The first-order chi connectivity index (χ1) is 10.6. The van der Waals surface area contributed by atoms with E-state index in [1.807, 2.05) is 4.72 Å². The summed E-state index contributed by atoms with van der Waals surface area (Å²) in [7, 11) is -4.34. The molecule has 0 saturated carbocycles. The van der Waals surface area contributed by atoms with E-state index in [4.69, 9.17) is 0 Å². The number of benzene rings is 2. The van der Waals surface area contributed by atoms with Gasteiger partial charge >= 0.3 is 6.18 Å². The molecule has 2 aromatic rings. The summed E-state index contributed by atoms with van der Waals surface area (Å²) in [6.07, 6.45) is -4.80. The van der Waals surface area contributed by atoms with Gasteiger partial charge in [-0.05, 0) is 31.5 Å². The SMILES string of the molecule is Cc1ccc(S(=O)(=O)N[C@](C)(c2ccccc2)C(F)(F)F)cc1. The molecule has 1 N–H and O–H groups in total. The fourth-order valence-electron chi connectivity index (χ4n) is 2.10. The minimum absolute atomic E-state index is 0.178. The highest BCUT2D eigenvalue weighted by molar-refractivity contribution is 7.89. The number of aryl methyl sites for hydroxylation is 1. The van der Waals surface area contributed by atoms with Crippen LogP contribution in [-0.2, 0) is 15.6 Å². The van der Waals surface area contributed by atoms with Gasteiger partial charge in [0, 0.05) is 0 Å². The fourth-order valence-corrected chi connectivity index (χ4v) is 3.48. The lowest BCUT2D eigenvalue weighted by atomic mass is 9.93. The van der Waals surface area contributed by atoms with Crippen molar-refractivity contribution < 1.29 is 21.6 Å². The van der Waals surface area contributed by atoms with Crippen LogP contribution in [0.5, 0.6) is 0 Å². The van der Waals surface area contributed by atoms with Crippen molar-refractivity contribution in [1.29, 1.82) is 0 Å². The number of halogens is 3. The second-order valence-electron chi connectivity index (χ2n) is 5.41. The van der Waals surface area contributed by atoms with Crippen LogP contribution in [0.2, 0.25) is 0 Å². The van der Waals surface area contributed by atoms with E-state index in [-0.39, 0.29) is 10.5 Å². The third-order valence-corrected chi connectivity index (χ3v) is 5.16. The van der Waals surface area contributed by atoms with Gasteiger partial charge < -0.3 is 0 Å². The van der Waals surface area contributed by atoms with Gasteiger partial charge in [-0.25, -0.2) is 8.42 Å². The van der Waals surface area contributed by atoms with Gasteiger partial charge in [0.05, 0.1) is 4.90 Å². The molecule has 0 spiro atoms. The van der Waals surface area contributed by atoms with Crippen molar-refractivity contribution in [2.45, 2.75) is 30.5 Å². The molecule has 0 aliphatic rings. The normalized spacial score (nSPS) is 15.2. The van der Waals surface area contributed by atoms with E-state index in [0.717, 1.165) is 12.5 Å². The van der Waals surface area contributed by atoms with E-state index in [0.29, 0.717) is 0 Å². The number of sulfonamides is 1. The molecule has 0 heterocycles. The van der Waals surface area contributed by atoms with Crippen molar-refractivity contribution in [2.24, 2.45) is 0 Å². The average Bonchev–Trinajstić information content (AvgIpc) is 2.47. The van der Waals surface area contributed by atoms with Gasteiger partial charge in [0.25, 0.3) is 0 Å². The van der Waals surface area contributed by atoms with Crippen LogP contribution in [-0.4, -0.2) is 14.6 Å². The molecule has 0 fully saturated rings. The zero-order valence-corrected chi connectivity index (χ0v) is 13.4. The molecule has 7 heteroatoms. The highest BCUT2D eigenvalue weighted by atomic mass is 32.2. The van der Waals surface area contributed by atoms with Gasteiger partial charge in [-0.2, -0.15) is 17.9 Å². The number of alkyl halides is 3. The average molecular weight is 343 g/mol. The van der Waals surface area contributed by atoms with Crippen LogP contribution in [0.25, 0.3) is 0 Å². The monoisotopic (exact) mass is 343 g/mol. The summed E-state index contributed by atoms with van der Waals surface area (Å²) in [6, 6.07) is 12.5. The van der Waals surface area contributed by atoms with Gasteiger partial charge in [0.2, 0.25) is 10.0 Å². The first-order valence-corrected chi connectivity index (χ1v) is 8.27. The summed E-state index contributed by atoms with van der Waals surface area (Å²) in [5.41, 5.74) is -2.09. The summed E-state index contributed by atoms with van der Waals surface area (Å²) in [6.45, 7) is 2.57.